The van der Waals surface area contributed by atoms with Crippen LogP contribution in [0.4, 0.5) is 4.39 Å². The van der Waals surface area contributed by atoms with Gasteiger partial charge in [0.1, 0.15) is 5.82 Å². The van der Waals surface area contributed by atoms with Gasteiger partial charge < -0.3 is 5.11 Å². The lowest BCUT2D eigenvalue weighted by Crippen LogP contribution is -2.02. The van der Waals surface area contributed by atoms with Crippen LogP contribution in [0.1, 0.15) is 48.9 Å². The van der Waals surface area contributed by atoms with Crippen molar-refractivity contribution < 1.29 is 20.5 Å². The van der Waals surface area contributed by atoms with Crippen molar-refractivity contribution in [3.05, 3.63) is 102 Å². The number of carboxylic acids is 1. The van der Waals surface area contributed by atoms with E-state index in [0.29, 0.717) is 27.5 Å². The van der Waals surface area contributed by atoms with Crippen LogP contribution in [0.3, 0.4) is 0 Å². The van der Waals surface area contributed by atoms with Gasteiger partial charge in [0.15, 0.2) is 5.78 Å². The molecule has 3 aromatic carbocycles. The van der Waals surface area contributed by atoms with E-state index in [1.807, 2.05) is 0 Å². The minimum Gasteiger partial charge on any atom is -0.478 e. The number of halogens is 5. The molecule has 3 nitrogen and oxygen atoms in total. The molecule has 3 rings (SSSR count). The van der Waals surface area contributed by atoms with Crippen molar-refractivity contribution >= 4 is 66.8 Å². The van der Waals surface area contributed by atoms with E-state index in [1.165, 1.54) is 36.4 Å². The maximum Gasteiger partial charge on any atom is 0.337 e. The maximum atomic E-state index is 12.8. The third-order valence-corrected chi connectivity index (χ3v) is 5.08. The molecule has 3 aromatic rings. The zero-order chi connectivity index (χ0) is 23.6. The number of ketones is 1. The Balaban J connectivity index is 0.000000556. The highest BCUT2D eigenvalue weighted by atomic mass is 79.9. The summed E-state index contributed by atoms with van der Waals surface area (Å²) in [6.07, 6.45) is 0. The summed E-state index contributed by atoms with van der Waals surface area (Å²) in [6.45, 7) is 2.29. The first-order valence-corrected chi connectivity index (χ1v) is 10.7. The maximum absolute atomic E-state index is 12.8. The minimum absolute atomic E-state index is 0. The molecule has 31 heavy (non-hydrogen) atoms. The average molecular weight is 596 g/mol. The van der Waals surface area contributed by atoms with Crippen LogP contribution in [0, 0.1) is 5.82 Å². The standard InChI is InChI=1S/C13H7BrClFO.C7H4BrClO2.C2H6.CH4/c14-9-3-6-12(15)11(7-9)13(17)8-1-4-10(16)5-2-8;8-4-1-2-6(9)5(3-4)7(10)11;1-2;/h1-7H;1-3H,(H,10,11);1-2H3;1H4/i;;1D;. The Kier molecular flexibility index (Phi) is 12.6. The van der Waals surface area contributed by atoms with E-state index >= 15 is 0 Å². The molecule has 1 N–H and O–H groups in total. The number of benzene rings is 3. The first kappa shape index (κ1) is 27.3. The molecule has 0 aliphatic rings. The van der Waals surface area contributed by atoms with Gasteiger partial charge in [0, 0.05) is 21.4 Å². The summed E-state index contributed by atoms with van der Waals surface area (Å²) in [5.41, 5.74) is 0.917. The fourth-order valence-electron chi connectivity index (χ4n) is 2.09. The van der Waals surface area contributed by atoms with Crippen molar-refractivity contribution in [2.45, 2.75) is 21.3 Å². The second-order valence-electron chi connectivity index (χ2n) is 5.39. The van der Waals surface area contributed by atoms with E-state index in [9.17, 15) is 14.0 Å². The lowest BCUT2D eigenvalue weighted by Gasteiger charge is -2.04. The van der Waals surface area contributed by atoms with E-state index in [4.69, 9.17) is 29.7 Å². The summed E-state index contributed by atoms with van der Waals surface area (Å²) in [4.78, 5) is 22.6. The van der Waals surface area contributed by atoms with Crippen LogP contribution in [0.5, 0.6) is 0 Å². The van der Waals surface area contributed by atoms with E-state index in [-0.39, 0.29) is 29.6 Å². The number of aromatic carboxylic acids is 1. The smallest absolute Gasteiger partial charge is 0.337 e. The fourth-order valence-corrected chi connectivity index (χ4v) is 3.21. The number of carbonyl (C=O) groups is 2. The van der Waals surface area contributed by atoms with Crippen molar-refractivity contribution in [1.29, 1.82) is 0 Å². The zero-order valence-electron chi connectivity index (χ0n) is 16.6. The Morgan fingerprint density at radius 3 is 1.74 bits per heavy atom. The van der Waals surface area contributed by atoms with Crippen LogP contribution < -0.4 is 0 Å². The number of carbonyl (C=O) groups excluding carboxylic acids is 1. The largest absolute Gasteiger partial charge is 0.478 e. The molecule has 0 saturated carbocycles. The molecule has 0 bridgehead atoms. The van der Waals surface area contributed by atoms with Gasteiger partial charge >= 0.3 is 5.97 Å². The van der Waals surface area contributed by atoms with Gasteiger partial charge in [-0.25, -0.2) is 9.18 Å². The molecule has 0 unspecified atom stereocenters. The summed E-state index contributed by atoms with van der Waals surface area (Å²) in [5, 5.41) is 9.21. The lowest BCUT2D eigenvalue weighted by molar-refractivity contribution is 0.0696. The van der Waals surface area contributed by atoms with Gasteiger partial charge in [-0.15, -0.1) is 0 Å². The summed E-state index contributed by atoms with van der Waals surface area (Å²) >= 11 is 18.0. The minimum atomic E-state index is -1.02. The van der Waals surface area contributed by atoms with Crippen molar-refractivity contribution in [3.63, 3.8) is 0 Å². The van der Waals surface area contributed by atoms with Crippen LogP contribution in [0.2, 0.25) is 10.0 Å². The highest BCUT2D eigenvalue weighted by Crippen LogP contribution is 2.24. The number of carboxylic acid groups (broad SMARTS) is 1. The van der Waals surface area contributed by atoms with Crippen LogP contribution in [-0.2, 0) is 0 Å². The third kappa shape index (κ3) is 9.11. The normalized spacial score (nSPS) is 9.68. The molecular weight excluding hydrogens is 574 g/mol. The Bertz CT molecular complexity index is 1050. The highest BCUT2D eigenvalue weighted by molar-refractivity contribution is 9.10. The summed E-state index contributed by atoms with van der Waals surface area (Å²) < 4.78 is 20.4. The molecule has 0 saturated heterocycles. The molecule has 0 atom stereocenters. The molecule has 0 amide bonds. The van der Waals surface area contributed by atoms with Crippen molar-refractivity contribution in [2.75, 3.05) is 0 Å². The molecule has 0 spiro atoms. The molecule has 0 aromatic heterocycles. The Labute approximate surface area is 209 Å². The van der Waals surface area contributed by atoms with Gasteiger partial charge in [-0.1, -0.05) is 76.3 Å². The van der Waals surface area contributed by atoms with Crippen molar-refractivity contribution in [1.82, 2.24) is 0 Å². The molecule has 0 heterocycles. The van der Waals surface area contributed by atoms with E-state index in [1.54, 1.807) is 31.2 Å². The molecule has 8 heteroatoms. The Morgan fingerprint density at radius 2 is 1.32 bits per heavy atom. The van der Waals surface area contributed by atoms with Gasteiger partial charge in [-0.2, -0.15) is 0 Å². The highest BCUT2D eigenvalue weighted by Gasteiger charge is 2.13. The molecule has 0 aliphatic carbocycles. The summed E-state index contributed by atoms with van der Waals surface area (Å²) in [6, 6.07) is 15.1. The molecule has 166 valence electrons. The monoisotopic (exact) mass is 593 g/mol. The lowest BCUT2D eigenvalue weighted by atomic mass is 10.0. The van der Waals surface area contributed by atoms with Crippen LogP contribution >= 0.6 is 55.1 Å². The van der Waals surface area contributed by atoms with E-state index in [0.717, 1.165) is 4.47 Å². The van der Waals surface area contributed by atoms with Gasteiger partial charge in [-0.3, -0.25) is 4.79 Å². The number of rotatable bonds is 3. The summed E-state index contributed by atoms with van der Waals surface area (Å²) in [7, 11) is 0. The predicted molar refractivity (Wildman–Crippen MR) is 133 cm³/mol. The zero-order valence-corrected chi connectivity index (χ0v) is 20.3. The Hall–Kier alpha value is -1.73. The summed E-state index contributed by atoms with van der Waals surface area (Å²) in [5.74, 6) is -1.62. The third-order valence-electron chi connectivity index (χ3n) is 3.44. The quantitative estimate of drug-likeness (QED) is 0.308. The van der Waals surface area contributed by atoms with Gasteiger partial charge in [-0.05, 0) is 60.7 Å². The predicted octanol–water partition coefficient (Wildman–Crippen LogP) is 8.94. The van der Waals surface area contributed by atoms with E-state index in [2.05, 4.69) is 31.9 Å². The van der Waals surface area contributed by atoms with Gasteiger partial charge in [0.25, 0.3) is 0 Å². The molecular formula is C23H21Br2Cl2FO3. The van der Waals surface area contributed by atoms with Crippen molar-refractivity contribution in [2.24, 2.45) is 0 Å². The van der Waals surface area contributed by atoms with Crippen LogP contribution in [0.25, 0.3) is 0 Å². The first-order valence-electron chi connectivity index (χ1n) is 9.04. The number of hydrogen-bond donors (Lipinski definition) is 1. The molecule has 0 fully saturated rings. The van der Waals surface area contributed by atoms with E-state index < -0.39 is 5.97 Å². The fraction of sp³-hybridized carbons (Fsp3) is 0.130. The Morgan fingerprint density at radius 1 is 0.903 bits per heavy atom. The second-order valence-corrected chi connectivity index (χ2v) is 8.04. The second kappa shape index (κ2) is 14.4. The molecule has 0 radical (unpaired) electrons. The van der Waals surface area contributed by atoms with Crippen LogP contribution in [0.15, 0.2) is 69.6 Å². The van der Waals surface area contributed by atoms with Gasteiger partial charge in [0.2, 0.25) is 0 Å². The number of hydrogen-bond acceptors (Lipinski definition) is 2. The first-order chi connectivity index (χ1) is 14.6. The topological polar surface area (TPSA) is 54.4 Å². The van der Waals surface area contributed by atoms with Gasteiger partial charge in [0.05, 0.1) is 15.6 Å². The SMILES string of the molecule is C.O=C(O)c1cc(Br)ccc1Cl.O=C(c1ccc(F)cc1)c1cc(Br)ccc1Cl.[2H]CC. The van der Waals surface area contributed by atoms with Crippen LogP contribution in [-0.4, -0.2) is 16.9 Å². The van der Waals surface area contributed by atoms with Crippen molar-refractivity contribution in [3.8, 4) is 0 Å². The average Bonchev–Trinajstić information content (AvgIpc) is 2.72. The molecule has 0 aliphatic heterocycles.